The van der Waals surface area contributed by atoms with Crippen LogP contribution in [0.1, 0.15) is 57.1 Å². The van der Waals surface area contributed by atoms with E-state index in [9.17, 15) is 5.11 Å². The molecule has 0 bridgehead atoms. The molecule has 1 aromatic carbocycles. The molecular weight excluding hydrogens is 368 g/mol. The molecule has 1 aromatic rings. The predicted octanol–water partition coefficient (Wildman–Crippen LogP) is 4.29. The van der Waals surface area contributed by atoms with Crippen LogP contribution >= 0.6 is 11.6 Å². The zero-order valence-electron chi connectivity index (χ0n) is 16.2. The number of aliphatic hydroxyl groups excluding tert-OH is 1. The van der Waals surface area contributed by atoms with Crippen LogP contribution in [0.25, 0.3) is 0 Å². The first kappa shape index (κ1) is 20.9. The standard InChI is InChI=1S/C21H31ClO5/c1-3-25-16-5-7-17(8-6-16)26-21-10-14(4-9-19(21)22)20-12-15(23)11-18(27-20)13-24-2/h4,9-10,15-18,20,23H,3,5-8,11-13H2,1-2H3. The highest BCUT2D eigenvalue weighted by Gasteiger charge is 2.30. The SMILES string of the molecule is CCOC1CCC(Oc2cc(C3CC(O)CC(COC)O3)ccc2Cl)CC1. The summed E-state index contributed by atoms with van der Waals surface area (Å²) in [4.78, 5) is 0. The number of ether oxygens (including phenoxy) is 4. The minimum absolute atomic E-state index is 0.0994. The lowest BCUT2D eigenvalue weighted by Crippen LogP contribution is -2.34. The molecule has 152 valence electrons. The topological polar surface area (TPSA) is 57.2 Å². The zero-order valence-corrected chi connectivity index (χ0v) is 17.0. The summed E-state index contributed by atoms with van der Waals surface area (Å²) in [6.45, 7) is 3.28. The molecule has 0 amide bonds. The predicted molar refractivity (Wildman–Crippen MR) is 104 cm³/mol. The fourth-order valence-electron chi connectivity index (χ4n) is 4.04. The summed E-state index contributed by atoms with van der Waals surface area (Å²) >= 11 is 6.38. The van der Waals surface area contributed by atoms with Crippen LogP contribution in [0.15, 0.2) is 18.2 Å². The van der Waals surface area contributed by atoms with Crippen molar-refractivity contribution in [1.82, 2.24) is 0 Å². The van der Waals surface area contributed by atoms with Crippen LogP contribution in [0.2, 0.25) is 5.02 Å². The third kappa shape index (κ3) is 5.81. The van der Waals surface area contributed by atoms with E-state index in [2.05, 4.69) is 0 Å². The van der Waals surface area contributed by atoms with Crippen molar-refractivity contribution in [3.63, 3.8) is 0 Å². The highest BCUT2D eigenvalue weighted by atomic mass is 35.5. The number of rotatable bonds is 7. The summed E-state index contributed by atoms with van der Waals surface area (Å²) in [5.74, 6) is 0.695. The number of hydrogen-bond donors (Lipinski definition) is 1. The Morgan fingerprint density at radius 2 is 1.89 bits per heavy atom. The first-order valence-corrected chi connectivity index (χ1v) is 10.4. The van der Waals surface area contributed by atoms with Crippen molar-refractivity contribution in [3.8, 4) is 5.75 Å². The van der Waals surface area contributed by atoms with Gasteiger partial charge in [-0.2, -0.15) is 0 Å². The fraction of sp³-hybridized carbons (Fsp3) is 0.714. The summed E-state index contributed by atoms with van der Waals surface area (Å²) in [5, 5.41) is 10.8. The second-order valence-electron chi connectivity index (χ2n) is 7.49. The second kappa shape index (κ2) is 10.1. The molecule has 1 saturated carbocycles. The molecule has 3 atom stereocenters. The van der Waals surface area contributed by atoms with Crippen LogP contribution in [-0.4, -0.2) is 49.8 Å². The van der Waals surface area contributed by atoms with Crippen molar-refractivity contribution in [2.45, 2.75) is 76.0 Å². The monoisotopic (exact) mass is 398 g/mol. The Morgan fingerprint density at radius 1 is 1.15 bits per heavy atom. The highest BCUT2D eigenvalue weighted by Crippen LogP contribution is 2.37. The van der Waals surface area contributed by atoms with Crippen molar-refractivity contribution >= 4 is 11.6 Å². The molecule has 27 heavy (non-hydrogen) atoms. The molecule has 1 heterocycles. The molecule has 5 nitrogen and oxygen atoms in total. The molecule has 0 radical (unpaired) electrons. The lowest BCUT2D eigenvalue weighted by atomic mass is 9.94. The number of methoxy groups -OCH3 is 1. The van der Waals surface area contributed by atoms with E-state index >= 15 is 0 Å². The summed E-state index contributed by atoms with van der Waals surface area (Å²) in [5.41, 5.74) is 0.984. The van der Waals surface area contributed by atoms with Crippen molar-refractivity contribution in [2.75, 3.05) is 20.3 Å². The first-order valence-electron chi connectivity index (χ1n) is 9.99. The third-order valence-corrected chi connectivity index (χ3v) is 5.69. The van der Waals surface area contributed by atoms with Crippen LogP contribution in [0.3, 0.4) is 0 Å². The lowest BCUT2D eigenvalue weighted by molar-refractivity contribution is -0.118. The molecule has 2 aliphatic rings. The Labute approximate surface area is 166 Å². The molecule has 0 aromatic heterocycles. The van der Waals surface area contributed by atoms with Crippen molar-refractivity contribution in [2.24, 2.45) is 0 Å². The highest BCUT2D eigenvalue weighted by molar-refractivity contribution is 6.32. The Morgan fingerprint density at radius 3 is 2.59 bits per heavy atom. The van der Waals surface area contributed by atoms with Gasteiger partial charge in [0, 0.05) is 26.6 Å². The number of hydrogen-bond acceptors (Lipinski definition) is 5. The number of benzene rings is 1. The van der Waals surface area contributed by atoms with Gasteiger partial charge < -0.3 is 24.1 Å². The Kier molecular flexibility index (Phi) is 7.79. The minimum atomic E-state index is -0.391. The van der Waals surface area contributed by atoms with Crippen molar-refractivity contribution in [1.29, 1.82) is 0 Å². The van der Waals surface area contributed by atoms with E-state index in [0.29, 0.717) is 36.3 Å². The Hall–Kier alpha value is -0.850. The van der Waals surface area contributed by atoms with Gasteiger partial charge >= 0.3 is 0 Å². The summed E-state index contributed by atoms with van der Waals surface area (Å²) in [6.07, 6.45) is 5.00. The smallest absolute Gasteiger partial charge is 0.138 e. The summed E-state index contributed by atoms with van der Waals surface area (Å²) in [6, 6.07) is 5.77. The minimum Gasteiger partial charge on any atom is -0.489 e. The van der Waals surface area contributed by atoms with Gasteiger partial charge in [0.15, 0.2) is 0 Å². The van der Waals surface area contributed by atoms with Gasteiger partial charge in [-0.25, -0.2) is 0 Å². The maximum atomic E-state index is 10.2. The largest absolute Gasteiger partial charge is 0.489 e. The van der Waals surface area contributed by atoms with E-state index in [1.54, 1.807) is 7.11 Å². The van der Waals surface area contributed by atoms with Crippen LogP contribution in [0, 0.1) is 0 Å². The van der Waals surface area contributed by atoms with Gasteiger partial charge in [-0.3, -0.25) is 0 Å². The van der Waals surface area contributed by atoms with Crippen LogP contribution in [0.4, 0.5) is 0 Å². The molecule has 6 heteroatoms. The maximum Gasteiger partial charge on any atom is 0.138 e. The summed E-state index contributed by atoms with van der Waals surface area (Å²) < 4.78 is 23.2. The third-order valence-electron chi connectivity index (χ3n) is 5.37. The molecular formula is C21H31ClO5. The number of aliphatic hydroxyl groups is 1. The van der Waals surface area contributed by atoms with E-state index < -0.39 is 6.10 Å². The molecule has 3 rings (SSSR count). The Balaban J connectivity index is 1.64. The maximum absolute atomic E-state index is 10.2. The fourth-order valence-corrected chi connectivity index (χ4v) is 4.20. The molecule has 1 N–H and O–H groups in total. The number of halogens is 1. The molecule has 2 fully saturated rings. The average Bonchev–Trinajstić information content (AvgIpc) is 2.65. The quantitative estimate of drug-likeness (QED) is 0.742. The molecule has 1 aliphatic carbocycles. The van der Waals surface area contributed by atoms with Gasteiger partial charge in [0.1, 0.15) is 5.75 Å². The normalized spacial score (nSPS) is 31.6. The Bertz CT molecular complexity index is 588. The zero-order chi connectivity index (χ0) is 19.2. The van der Waals surface area contributed by atoms with E-state index in [0.717, 1.165) is 37.9 Å². The van der Waals surface area contributed by atoms with E-state index in [1.165, 1.54) is 0 Å². The van der Waals surface area contributed by atoms with Gasteiger partial charge in [0.05, 0.1) is 42.1 Å². The van der Waals surface area contributed by atoms with E-state index in [-0.39, 0.29) is 18.3 Å². The summed E-state index contributed by atoms with van der Waals surface area (Å²) in [7, 11) is 1.65. The molecule has 1 aliphatic heterocycles. The molecule has 0 spiro atoms. The van der Waals surface area contributed by atoms with E-state index in [1.807, 2.05) is 25.1 Å². The van der Waals surface area contributed by atoms with Crippen LogP contribution in [0.5, 0.6) is 5.75 Å². The average molecular weight is 399 g/mol. The second-order valence-corrected chi connectivity index (χ2v) is 7.90. The van der Waals surface area contributed by atoms with Crippen LogP contribution in [-0.2, 0) is 14.2 Å². The van der Waals surface area contributed by atoms with Gasteiger partial charge in [0.25, 0.3) is 0 Å². The molecule has 1 saturated heterocycles. The van der Waals surface area contributed by atoms with Gasteiger partial charge in [-0.1, -0.05) is 17.7 Å². The van der Waals surface area contributed by atoms with Gasteiger partial charge in [0.2, 0.25) is 0 Å². The molecule has 3 unspecified atom stereocenters. The van der Waals surface area contributed by atoms with Gasteiger partial charge in [-0.15, -0.1) is 0 Å². The van der Waals surface area contributed by atoms with Gasteiger partial charge in [-0.05, 0) is 50.3 Å². The first-order chi connectivity index (χ1) is 13.1. The lowest BCUT2D eigenvalue weighted by Gasteiger charge is -2.33. The van der Waals surface area contributed by atoms with Crippen molar-refractivity contribution in [3.05, 3.63) is 28.8 Å². The van der Waals surface area contributed by atoms with E-state index in [4.69, 9.17) is 30.5 Å². The van der Waals surface area contributed by atoms with Crippen molar-refractivity contribution < 1.29 is 24.1 Å². The van der Waals surface area contributed by atoms with Crippen LogP contribution < -0.4 is 4.74 Å².